The van der Waals surface area contributed by atoms with Crippen LogP contribution in [0.5, 0.6) is 0 Å². The maximum atomic E-state index is 12.8. The average molecular weight is 368 g/mol. The Balaban J connectivity index is 5.14. The van der Waals surface area contributed by atoms with Gasteiger partial charge in [-0.3, -0.25) is 0 Å². The van der Waals surface area contributed by atoms with E-state index in [1.807, 2.05) is 0 Å². The summed E-state index contributed by atoms with van der Waals surface area (Å²) in [6.07, 6.45) is -4.45. The van der Waals surface area contributed by atoms with Crippen molar-refractivity contribution in [3.8, 4) is 0 Å². The van der Waals surface area contributed by atoms with Crippen LogP contribution >= 0.6 is 0 Å². The Bertz CT molecular complexity index is 447. The van der Waals surface area contributed by atoms with Gasteiger partial charge in [-0.05, 0) is 41.5 Å². The largest absolute Gasteiger partial charge is 0.444 e. The van der Waals surface area contributed by atoms with E-state index in [4.69, 9.17) is 9.47 Å². The van der Waals surface area contributed by atoms with E-state index in [9.17, 15) is 23.5 Å². The van der Waals surface area contributed by atoms with Crippen LogP contribution in [0.4, 0.5) is 18.4 Å². The lowest BCUT2D eigenvalue weighted by Gasteiger charge is -2.34. The Morgan fingerprint density at radius 1 is 0.960 bits per heavy atom. The van der Waals surface area contributed by atoms with Crippen molar-refractivity contribution in [3.63, 3.8) is 0 Å². The molecule has 0 saturated heterocycles. The van der Waals surface area contributed by atoms with Crippen LogP contribution in [0.15, 0.2) is 0 Å². The van der Waals surface area contributed by atoms with Crippen LogP contribution in [0.25, 0.3) is 0 Å². The molecule has 1 atom stereocenters. The Kier molecular flexibility index (Phi) is 8.57. The summed E-state index contributed by atoms with van der Waals surface area (Å²) in [5, 5.41) is 9.53. The van der Waals surface area contributed by atoms with Crippen LogP contribution in [0.1, 0.15) is 41.5 Å². The lowest BCUT2D eigenvalue weighted by Crippen LogP contribution is -2.51. The van der Waals surface area contributed by atoms with Crippen molar-refractivity contribution >= 4 is 12.2 Å². The Morgan fingerprint density at radius 3 is 1.76 bits per heavy atom. The van der Waals surface area contributed by atoms with Gasteiger partial charge in [-0.2, -0.15) is 0 Å². The van der Waals surface area contributed by atoms with Crippen LogP contribution in [0.2, 0.25) is 0 Å². The zero-order valence-electron chi connectivity index (χ0n) is 16.0. The number of halogens is 2. The molecule has 0 aromatic carbocycles. The van der Waals surface area contributed by atoms with Crippen LogP contribution in [0.3, 0.4) is 0 Å². The maximum absolute atomic E-state index is 12.8. The topological polar surface area (TPSA) is 79.3 Å². The second kappa shape index (κ2) is 9.17. The molecular formula is C16H30F2N2O5. The average Bonchev–Trinajstić information content (AvgIpc) is 2.38. The minimum Gasteiger partial charge on any atom is -0.444 e. The summed E-state index contributed by atoms with van der Waals surface area (Å²) in [6, 6.07) is -0.916. The Labute approximate surface area is 147 Å². The predicted molar refractivity (Wildman–Crippen MR) is 88.7 cm³/mol. The van der Waals surface area contributed by atoms with Gasteiger partial charge in [0, 0.05) is 13.6 Å². The molecule has 9 heteroatoms. The van der Waals surface area contributed by atoms with Gasteiger partial charge in [-0.25, -0.2) is 18.4 Å². The highest BCUT2D eigenvalue weighted by Gasteiger charge is 2.31. The number of carbonyl (C=O) groups is 2. The van der Waals surface area contributed by atoms with Gasteiger partial charge in [-0.15, -0.1) is 0 Å². The van der Waals surface area contributed by atoms with Crippen LogP contribution < -0.4 is 0 Å². The third-order valence-corrected chi connectivity index (χ3v) is 2.88. The SMILES string of the molecule is CN(C(=O)OC(C)(C)C)[C@H](CO)CN(CC(F)F)C(=O)OC(C)(C)C. The summed E-state index contributed by atoms with van der Waals surface area (Å²) in [5.41, 5.74) is -1.61. The van der Waals surface area contributed by atoms with Crippen molar-refractivity contribution in [2.75, 3.05) is 26.7 Å². The summed E-state index contributed by atoms with van der Waals surface area (Å²) < 4.78 is 35.9. The number of aliphatic hydroxyl groups is 1. The summed E-state index contributed by atoms with van der Waals surface area (Å²) in [4.78, 5) is 26.0. The van der Waals surface area contributed by atoms with Gasteiger partial charge in [0.2, 0.25) is 0 Å². The van der Waals surface area contributed by atoms with E-state index in [-0.39, 0.29) is 6.54 Å². The normalized spacial score (nSPS) is 13.4. The van der Waals surface area contributed by atoms with E-state index < -0.39 is 49.0 Å². The van der Waals surface area contributed by atoms with Crippen LogP contribution in [0, 0.1) is 0 Å². The first kappa shape index (κ1) is 23.4. The first-order chi connectivity index (χ1) is 11.2. The highest BCUT2D eigenvalue weighted by Crippen LogP contribution is 2.15. The molecular weight excluding hydrogens is 338 g/mol. The molecule has 0 heterocycles. The highest BCUT2D eigenvalue weighted by atomic mass is 19.3. The van der Waals surface area contributed by atoms with E-state index in [0.29, 0.717) is 0 Å². The molecule has 0 aliphatic carbocycles. The third kappa shape index (κ3) is 10.1. The molecule has 0 aliphatic rings. The molecule has 0 aliphatic heterocycles. The Morgan fingerprint density at radius 2 is 1.40 bits per heavy atom. The van der Waals surface area contributed by atoms with Crippen molar-refractivity contribution in [1.82, 2.24) is 9.80 Å². The fraction of sp³-hybridized carbons (Fsp3) is 0.875. The van der Waals surface area contributed by atoms with Gasteiger partial charge in [0.05, 0.1) is 19.2 Å². The highest BCUT2D eigenvalue weighted by molar-refractivity contribution is 5.69. The molecule has 0 radical (unpaired) electrons. The van der Waals surface area contributed by atoms with E-state index in [1.54, 1.807) is 41.5 Å². The number of hydrogen-bond acceptors (Lipinski definition) is 5. The molecule has 2 amide bonds. The standard InChI is InChI=1S/C16H30F2N2O5/c1-15(2,3)24-13(22)19(7)11(10-21)8-20(9-12(17)18)14(23)25-16(4,5)6/h11-12,21H,8-10H2,1-7H3/t11-/m0/s1. The van der Waals surface area contributed by atoms with Crippen molar-refractivity contribution in [2.24, 2.45) is 0 Å². The number of likely N-dealkylation sites (N-methyl/N-ethyl adjacent to an activating group) is 1. The second-order valence-electron chi connectivity index (χ2n) is 7.70. The van der Waals surface area contributed by atoms with Gasteiger partial charge >= 0.3 is 12.2 Å². The van der Waals surface area contributed by atoms with Gasteiger partial charge in [0.1, 0.15) is 11.2 Å². The van der Waals surface area contributed by atoms with Gasteiger partial charge < -0.3 is 24.4 Å². The molecule has 7 nitrogen and oxygen atoms in total. The first-order valence-corrected chi connectivity index (χ1v) is 7.99. The van der Waals surface area contributed by atoms with E-state index in [1.165, 1.54) is 7.05 Å². The van der Waals surface area contributed by atoms with Crippen LogP contribution in [-0.4, -0.2) is 77.5 Å². The molecule has 0 spiro atoms. The van der Waals surface area contributed by atoms with Crippen molar-refractivity contribution in [1.29, 1.82) is 0 Å². The first-order valence-electron chi connectivity index (χ1n) is 7.99. The quantitative estimate of drug-likeness (QED) is 0.780. The van der Waals surface area contributed by atoms with E-state index >= 15 is 0 Å². The predicted octanol–water partition coefficient (Wildman–Crippen LogP) is 2.72. The second-order valence-corrected chi connectivity index (χ2v) is 7.70. The van der Waals surface area contributed by atoms with Gasteiger partial charge in [-0.1, -0.05) is 0 Å². The number of hydrogen-bond donors (Lipinski definition) is 1. The summed E-state index contributed by atoms with van der Waals surface area (Å²) in [5.74, 6) is 0. The molecule has 0 bridgehead atoms. The fourth-order valence-electron chi connectivity index (χ4n) is 1.76. The van der Waals surface area contributed by atoms with Crippen molar-refractivity contribution in [2.45, 2.75) is 65.2 Å². The smallest absolute Gasteiger partial charge is 0.410 e. The van der Waals surface area contributed by atoms with Gasteiger partial charge in [0.15, 0.2) is 0 Å². The lowest BCUT2D eigenvalue weighted by atomic mass is 10.2. The fourth-order valence-corrected chi connectivity index (χ4v) is 1.76. The summed E-state index contributed by atoms with van der Waals surface area (Å²) in [7, 11) is 1.37. The lowest BCUT2D eigenvalue weighted by molar-refractivity contribution is -0.00836. The van der Waals surface area contributed by atoms with Crippen molar-refractivity contribution in [3.05, 3.63) is 0 Å². The molecule has 25 heavy (non-hydrogen) atoms. The molecule has 1 N–H and O–H groups in total. The molecule has 0 saturated carbocycles. The van der Waals surface area contributed by atoms with Crippen LogP contribution in [-0.2, 0) is 9.47 Å². The number of amides is 2. The minimum absolute atomic E-state index is 0.314. The van der Waals surface area contributed by atoms with Crippen molar-refractivity contribution < 1.29 is 33.0 Å². The Hall–Kier alpha value is -1.64. The summed E-state index contributed by atoms with van der Waals surface area (Å²) >= 11 is 0. The number of aliphatic hydroxyl groups excluding tert-OH is 1. The zero-order chi connectivity index (χ0) is 20.0. The van der Waals surface area contributed by atoms with E-state index in [2.05, 4.69) is 0 Å². The number of nitrogens with zero attached hydrogens (tertiary/aromatic N) is 2. The minimum atomic E-state index is -2.78. The number of alkyl halides is 2. The molecule has 0 rings (SSSR count). The molecule has 0 aromatic heterocycles. The summed E-state index contributed by atoms with van der Waals surface area (Å²) in [6.45, 7) is 8.16. The number of rotatable bonds is 6. The number of ether oxygens (including phenoxy) is 2. The van der Waals surface area contributed by atoms with E-state index in [0.717, 1.165) is 9.80 Å². The third-order valence-electron chi connectivity index (χ3n) is 2.88. The molecule has 0 fully saturated rings. The molecule has 0 aromatic rings. The van der Waals surface area contributed by atoms with Gasteiger partial charge in [0.25, 0.3) is 6.43 Å². The number of carbonyl (C=O) groups excluding carboxylic acids is 2. The maximum Gasteiger partial charge on any atom is 0.410 e. The molecule has 148 valence electrons. The monoisotopic (exact) mass is 368 g/mol. The zero-order valence-corrected chi connectivity index (χ0v) is 16.0. The molecule has 0 unspecified atom stereocenters.